The second kappa shape index (κ2) is 5.79. The number of amides is 1. The van der Waals surface area contributed by atoms with E-state index in [2.05, 4.69) is 45.2 Å². The van der Waals surface area contributed by atoms with E-state index in [4.69, 9.17) is 0 Å². The third kappa shape index (κ3) is 2.49. The number of hydrogen-bond donors (Lipinski definition) is 1. The number of allylic oxidation sites excluding steroid dienone is 4. The van der Waals surface area contributed by atoms with Gasteiger partial charge in [0.2, 0.25) is 5.91 Å². The summed E-state index contributed by atoms with van der Waals surface area (Å²) in [6.45, 7) is 9.31. The lowest BCUT2D eigenvalue weighted by atomic mass is 9.46. The molecule has 0 aromatic heterocycles. The Bertz CT molecular complexity index is 558. The quantitative estimate of drug-likeness (QED) is 0.774. The van der Waals surface area contributed by atoms with Crippen LogP contribution in [0.3, 0.4) is 0 Å². The summed E-state index contributed by atoms with van der Waals surface area (Å²) in [5, 5.41) is 2.95. The van der Waals surface area contributed by atoms with Crippen LogP contribution < -0.4 is 5.32 Å². The van der Waals surface area contributed by atoms with Crippen LogP contribution in [0.25, 0.3) is 0 Å². The Morgan fingerprint density at radius 3 is 2.70 bits per heavy atom. The van der Waals surface area contributed by atoms with Gasteiger partial charge in [-0.1, -0.05) is 51.8 Å². The van der Waals surface area contributed by atoms with Gasteiger partial charge in [-0.05, 0) is 60.8 Å². The Morgan fingerprint density at radius 1 is 1.30 bits per heavy atom. The highest BCUT2D eigenvalue weighted by molar-refractivity contribution is 5.82. The van der Waals surface area contributed by atoms with Crippen molar-refractivity contribution < 1.29 is 4.79 Å². The highest BCUT2D eigenvalue weighted by Gasteiger charge is 2.56. The maximum Gasteiger partial charge on any atom is 0.225 e. The standard InChI is InChI=1S/C21H33NO/c1-14(2)15-7-9-17-16(13-15)8-10-18-20(17,3)11-6-12-21(18,4)19(23)22-5/h8,13-14,17-18H,6-7,9-12H2,1-5H3,(H,22,23)/t17?,18?,20-,21-/m1/s1. The molecule has 0 saturated heterocycles. The minimum Gasteiger partial charge on any atom is -0.359 e. The third-order valence-corrected chi connectivity index (χ3v) is 7.33. The predicted octanol–water partition coefficient (Wildman–Crippen LogP) is 4.87. The zero-order valence-corrected chi connectivity index (χ0v) is 15.5. The number of rotatable bonds is 2. The molecule has 1 N–H and O–H groups in total. The summed E-state index contributed by atoms with van der Waals surface area (Å²) in [5.74, 6) is 2.03. The van der Waals surface area contributed by atoms with Gasteiger partial charge in [-0.25, -0.2) is 0 Å². The largest absolute Gasteiger partial charge is 0.359 e. The van der Waals surface area contributed by atoms with Gasteiger partial charge in [-0.3, -0.25) is 4.79 Å². The molecule has 3 aliphatic carbocycles. The van der Waals surface area contributed by atoms with Gasteiger partial charge in [-0.2, -0.15) is 0 Å². The molecule has 23 heavy (non-hydrogen) atoms. The molecule has 1 saturated carbocycles. The number of nitrogens with one attached hydrogen (secondary N) is 1. The van der Waals surface area contributed by atoms with Crippen molar-refractivity contribution in [2.24, 2.45) is 28.6 Å². The van der Waals surface area contributed by atoms with Crippen LogP contribution in [0, 0.1) is 28.6 Å². The molecule has 0 aromatic rings. The zero-order chi connectivity index (χ0) is 16.8. The molecule has 2 unspecified atom stereocenters. The normalized spacial score (nSPS) is 39.9. The number of fused-ring (bicyclic) bond motifs is 3. The van der Waals surface area contributed by atoms with Crippen molar-refractivity contribution in [1.82, 2.24) is 5.32 Å². The van der Waals surface area contributed by atoms with Crippen LogP contribution >= 0.6 is 0 Å². The third-order valence-electron chi connectivity index (χ3n) is 7.33. The summed E-state index contributed by atoms with van der Waals surface area (Å²) in [6, 6.07) is 0. The smallest absolute Gasteiger partial charge is 0.225 e. The van der Waals surface area contributed by atoms with Crippen molar-refractivity contribution in [3.05, 3.63) is 23.3 Å². The molecule has 0 bridgehead atoms. The van der Waals surface area contributed by atoms with Crippen LogP contribution in [-0.4, -0.2) is 13.0 Å². The molecule has 1 fully saturated rings. The Hall–Kier alpha value is -1.05. The highest BCUT2D eigenvalue weighted by atomic mass is 16.2. The van der Waals surface area contributed by atoms with Gasteiger partial charge in [-0.15, -0.1) is 0 Å². The van der Waals surface area contributed by atoms with E-state index in [0.717, 1.165) is 12.8 Å². The summed E-state index contributed by atoms with van der Waals surface area (Å²) in [6.07, 6.45) is 12.0. The number of carbonyl (C=O) groups is 1. The first kappa shape index (κ1) is 16.8. The second-order valence-electron chi connectivity index (χ2n) is 8.81. The van der Waals surface area contributed by atoms with E-state index < -0.39 is 0 Å². The summed E-state index contributed by atoms with van der Waals surface area (Å²) in [7, 11) is 1.79. The molecular formula is C21H33NO. The fraction of sp³-hybridized carbons (Fsp3) is 0.762. The minimum absolute atomic E-state index is 0.203. The number of carbonyl (C=O) groups excluding carboxylic acids is 1. The topological polar surface area (TPSA) is 29.1 Å². The first-order valence-electron chi connectivity index (χ1n) is 9.45. The van der Waals surface area contributed by atoms with E-state index in [1.807, 2.05) is 0 Å². The molecule has 3 aliphatic rings. The Labute approximate surface area is 141 Å². The van der Waals surface area contributed by atoms with E-state index in [0.29, 0.717) is 17.8 Å². The molecular weight excluding hydrogens is 282 g/mol. The molecule has 0 radical (unpaired) electrons. The molecule has 1 amide bonds. The average Bonchev–Trinajstić information content (AvgIpc) is 2.53. The average molecular weight is 316 g/mol. The molecule has 0 aromatic carbocycles. The van der Waals surface area contributed by atoms with Crippen molar-refractivity contribution in [1.29, 1.82) is 0 Å². The van der Waals surface area contributed by atoms with Crippen molar-refractivity contribution in [3.63, 3.8) is 0 Å². The molecule has 3 rings (SSSR count). The molecule has 128 valence electrons. The molecule has 4 atom stereocenters. The predicted molar refractivity (Wildman–Crippen MR) is 96.0 cm³/mol. The van der Waals surface area contributed by atoms with Gasteiger partial charge in [0.05, 0.1) is 0 Å². The fourth-order valence-electron chi connectivity index (χ4n) is 5.90. The molecule has 2 heteroatoms. The van der Waals surface area contributed by atoms with Gasteiger partial charge in [0.25, 0.3) is 0 Å². The second-order valence-corrected chi connectivity index (χ2v) is 8.81. The van der Waals surface area contributed by atoms with Crippen LogP contribution in [0.4, 0.5) is 0 Å². The monoisotopic (exact) mass is 315 g/mol. The number of hydrogen-bond acceptors (Lipinski definition) is 1. The maximum absolute atomic E-state index is 12.6. The molecule has 0 heterocycles. The van der Waals surface area contributed by atoms with Gasteiger partial charge in [0.1, 0.15) is 0 Å². The first-order chi connectivity index (χ1) is 10.8. The summed E-state index contributed by atoms with van der Waals surface area (Å²) < 4.78 is 0. The Morgan fingerprint density at radius 2 is 2.04 bits per heavy atom. The van der Waals surface area contributed by atoms with Crippen molar-refractivity contribution >= 4 is 5.91 Å². The summed E-state index contributed by atoms with van der Waals surface area (Å²) in [5.41, 5.74) is 3.26. The Kier molecular flexibility index (Phi) is 4.23. The van der Waals surface area contributed by atoms with Crippen LogP contribution in [-0.2, 0) is 4.79 Å². The van der Waals surface area contributed by atoms with Gasteiger partial charge in [0.15, 0.2) is 0 Å². The van der Waals surface area contributed by atoms with Crippen molar-refractivity contribution in [2.75, 3.05) is 7.05 Å². The fourth-order valence-corrected chi connectivity index (χ4v) is 5.90. The van der Waals surface area contributed by atoms with E-state index in [9.17, 15) is 4.79 Å². The SMILES string of the molecule is CNC(=O)[C@]1(C)CCC[C@]2(C)C3CCC(C(C)C)=CC3=CCC21. The van der Waals surface area contributed by atoms with E-state index in [-0.39, 0.29) is 16.7 Å². The van der Waals surface area contributed by atoms with Gasteiger partial charge < -0.3 is 5.32 Å². The summed E-state index contributed by atoms with van der Waals surface area (Å²) in [4.78, 5) is 12.6. The van der Waals surface area contributed by atoms with Crippen molar-refractivity contribution in [2.45, 2.75) is 66.2 Å². The summed E-state index contributed by atoms with van der Waals surface area (Å²) >= 11 is 0. The molecule has 2 nitrogen and oxygen atoms in total. The first-order valence-corrected chi connectivity index (χ1v) is 9.45. The minimum atomic E-state index is -0.203. The van der Waals surface area contributed by atoms with Crippen LogP contribution in [0.2, 0.25) is 0 Å². The van der Waals surface area contributed by atoms with Crippen LogP contribution in [0.1, 0.15) is 66.2 Å². The lowest BCUT2D eigenvalue weighted by Gasteiger charge is -2.57. The maximum atomic E-state index is 12.6. The van der Waals surface area contributed by atoms with Crippen LogP contribution in [0.15, 0.2) is 23.3 Å². The lowest BCUT2D eigenvalue weighted by Crippen LogP contribution is -2.55. The highest BCUT2D eigenvalue weighted by Crippen LogP contribution is 2.62. The van der Waals surface area contributed by atoms with Crippen LogP contribution in [0.5, 0.6) is 0 Å². The van der Waals surface area contributed by atoms with Gasteiger partial charge >= 0.3 is 0 Å². The van der Waals surface area contributed by atoms with Gasteiger partial charge in [0, 0.05) is 12.5 Å². The van der Waals surface area contributed by atoms with E-state index in [1.165, 1.54) is 25.7 Å². The molecule has 0 spiro atoms. The zero-order valence-electron chi connectivity index (χ0n) is 15.5. The molecule has 0 aliphatic heterocycles. The Balaban J connectivity index is 1.99. The van der Waals surface area contributed by atoms with E-state index >= 15 is 0 Å². The van der Waals surface area contributed by atoms with E-state index in [1.54, 1.807) is 18.2 Å². The lowest BCUT2D eigenvalue weighted by molar-refractivity contribution is -0.143. The van der Waals surface area contributed by atoms with Crippen molar-refractivity contribution in [3.8, 4) is 0 Å².